The molecule has 3 amide bonds. The summed E-state index contributed by atoms with van der Waals surface area (Å²) in [6.45, 7) is 4.06. The molecule has 0 aromatic carbocycles. The third-order valence-corrected chi connectivity index (χ3v) is 7.12. The van der Waals surface area contributed by atoms with Crippen molar-refractivity contribution in [3.63, 3.8) is 0 Å². The van der Waals surface area contributed by atoms with Gasteiger partial charge in [-0.2, -0.15) is 0 Å². The van der Waals surface area contributed by atoms with Crippen molar-refractivity contribution in [2.75, 3.05) is 31.1 Å². The highest BCUT2D eigenvalue weighted by atomic mass is 16.4. The molecule has 172 valence electrons. The van der Waals surface area contributed by atoms with Crippen molar-refractivity contribution in [1.29, 1.82) is 0 Å². The molecular formula is C22H29N5O5. The quantitative estimate of drug-likeness (QED) is 0.657. The third-order valence-electron chi connectivity index (χ3n) is 7.12. The first kappa shape index (κ1) is 22.2. The summed E-state index contributed by atoms with van der Waals surface area (Å²) in [4.78, 5) is 60.4. The SMILES string of the molecule is CC1(C(=O)O)CCN(C(=O)C2CCN(c3ncc(C4CCC(=O)NC4=O)cn3)CC2)CC1. The van der Waals surface area contributed by atoms with Gasteiger partial charge in [0.25, 0.3) is 0 Å². The average molecular weight is 444 g/mol. The number of nitrogens with one attached hydrogen (secondary N) is 1. The Kier molecular flexibility index (Phi) is 6.12. The van der Waals surface area contributed by atoms with Crippen LogP contribution in [0.3, 0.4) is 0 Å². The van der Waals surface area contributed by atoms with Crippen LogP contribution in [0.4, 0.5) is 5.95 Å². The molecule has 1 atom stereocenters. The monoisotopic (exact) mass is 443 g/mol. The first-order valence-corrected chi connectivity index (χ1v) is 11.2. The number of carbonyl (C=O) groups is 4. The second kappa shape index (κ2) is 8.84. The molecule has 2 N–H and O–H groups in total. The van der Waals surface area contributed by atoms with Crippen LogP contribution >= 0.6 is 0 Å². The highest BCUT2D eigenvalue weighted by Gasteiger charge is 2.39. The predicted molar refractivity (Wildman–Crippen MR) is 114 cm³/mol. The van der Waals surface area contributed by atoms with Crippen molar-refractivity contribution < 1.29 is 24.3 Å². The minimum atomic E-state index is -0.790. The molecule has 3 fully saturated rings. The molecule has 1 unspecified atom stereocenters. The van der Waals surface area contributed by atoms with Gasteiger partial charge in [0.1, 0.15) is 0 Å². The van der Waals surface area contributed by atoms with E-state index in [1.165, 1.54) is 0 Å². The van der Waals surface area contributed by atoms with Crippen LogP contribution in [0, 0.1) is 11.3 Å². The molecule has 0 bridgehead atoms. The first-order chi connectivity index (χ1) is 15.3. The number of piperidine rings is 3. The molecule has 0 spiro atoms. The van der Waals surface area contributed by atoms with E-state index >= 15 is 0 Å². The standard InChI is InChI=1S/C22H29N5O5/c1-22(20(31)32)6-10-26(11-7-22)19(30)14-4-8-27(9-5-14)21-23-12-15(13-24-21)16-2-3-17(28)25-18(16)29/h12-14,16H,2-11H2,1H3,(H,31,32)(H,25,28,29). The Labute approximate surface area is 186 Å². The Morgan fingerprint density at radius 1 is 1.06 bits per heavy atom. The highest BCUT2D eigenvalue weighted by molar-refractivity contribution is 6.00. The lowest BCUT2D eigenvalue weighted by Crippen LogP contribution is -2.49. The molecule has 4 rings (SSSR count). The van der Waals surface area contributed by atoms with Gasteiger partial charge in [-0.25, -0.2) is 9.97 Å². The summed E-state index contributed by atoms with van der Waals surface area (Å²) >= 11 is 0. The van der Waals surface area contributed by atoms with Crippen molar-refractivity contribution in [2.24, 2.45) is 11.3 Å². The molecule has 10 heteroatoms. The summed E-state index contributed by atoms with van der Waals surface area (Å²) in [7, 11) is 0. The number of aromatic nitrogens is 2. The number of likely N-dealkylation sites (tertiary alicyclic amines) is 1. The van der Waals surface area contributed by atoms with E-state index in [0.29, 0.717) is 76.2 Å². The van der Waals surface area contributed by atoms with Crippen LogP contribution in [-0.2, 0) is 19.2 Å². The molecule has 3 saturated heterocycles. The summed E-state index contributed by atoms with van der Waals surface area (Å²) in [6, 6.07) is 0. The van der Waals surface area contributed by atoms with E-state index < -0.39 is 17.3 Å². The number of hydrogen-bond acceptors (Lipinski definition) is 7. The van der Waals surface area contributed by atoms with E-state index in [-0.39, 0.29) is 23.6 Å². The van der Waals surface area contributed by atoms with E-state index in [1.54, 1.807) is 19.3 Å². The lowest BCUT2D eigenvalue weighted by Gasteiger charge is -2.39. The third kappa shape index (κ3) is 4.44. The lowest BCUT2D eigenvalue weighted by atomic mass is 9.80. The number of carboxylic acids is 1. The minimum Gasteiger partial charge on any atom is -0.481 e. The Balaban J connectivity index is 1.29. The van der Waals surface area contributed by atoms with Crippen molar-refractivity contribution in [3.05, 3.63) is 18.0 Å². The molecular weight excluding hydrogens is 414 g/mol. The number of carboxylic acid groups (broad SMARTS) is 1. The topological polar surface area (TPSA) is 133 Å². The zero-order valence-corrected chi connectivity index (χ0v) is 18.2. The van der Waals surface area contributed by atoms with E-state index in [9.17, 15) is 24.3 Å². The maximum atomic E-state index is 12.9. The summed E-state index contributed by atoms with van der Waals surface area (Å²) in [5, 5.41) is 11.7. The molecule has 0 radical (unpaired) electrons. The van der Waals surface area contributed by atoms with Gasteiger partial charge < -0.3 is 14.9 Å². The van der Waals surface area contributed by atoms with E-state index in [1.807, 2.05) is 9.80 Å². The van der Waals surface area contributed by atoms with Gasteiger partial charge in [-0.3, -0.25) is 24.5 Å². The van der Waals surface area contributed by atoms with Crippen molar-refractivity contribution in [1.82, 2.24) is 20.2 Å². The Hall–Kier alpha value is -3.04. The molecule has 32 heavy (non-hydrogen) atoms. The van der Waals surface area contributed by atoms with Gasteiger partial charge in [-0.1, -0.05) is 0 Å². The molecule has 3 aliphatic heterocycles. The van der Waals surface area contributed by atoms with Gasteiger partial charge in [0.15, 0.2) is 0 Å². The number of amides is 3. The van der Waals surface area contributed by atoms with Crippen LogP contribution in [0.25, 0.3) is 0 Å². The Morgan fingerprint density at radius 2 is 1.69 bits per heavy atom. The van der Waals surface area contributed by atoms with Gasteiger partial charge in [0, 0.05) is 56.5 Å². The number of carbonyl (C=O) groups excluding carboxylic acids is 3. The number of anilines is 1. The summed E-state index contributed by atoms with van der Waals surface area (Å²) in [5.41, 5.74) is -0.0421. The smallest absolute Gasteiger partial charge is 0.309 e. The van der Waals surface area contributed by atoms with Gasteiger partial charge in [-0.05, 0) is 39.0 Å². The molecule has 1 aromatic heterocycles. The zero-order chi connectivity index (χ0) is 22.9. The zero-order valence-electron chi connectivity index (χ0n) is 18.2. The molecule has 3 aliphatic rings. The molecule has 10 nitrogen and oxygen atoms in total. The van der Waals surface area contributed by atoms with Crippen LogP contribution in [0.5, 0.6) is 0 Å². The molecule has 1 aromatic rings. The average Bonchev–Trinajstić information content (AvgIpc) is 2.79. The van der Waals surface area contributed by atoms with Crippen LogP contribution in [0.1, 0.15) is 56.9 Å². The van der Waals surface area contributed by atoms with E-state index in [2.05, 4.69) is 15.3 Å². The van der Waals surface area contributed by atoms with Crippen LogP contribution in [0.2, 0.25) is 0 Å². The van der Waals surface area contributed by atoms with Crippen molar-refractivity contribution >= 4 is 29.6 Å². The lowest BCUT2D eigenvalue weighted by molar-refractivity contribution is -0.154. The minimum absolute atomic E-state index is 0.0665. The predicted octanol–water partition coefficient (Wildman–Crippen LogP) is 0.927. The molecule has 0 aliphatic carbocycles. The normalized spacial score (nSPS) is 24.2. The number of rotatable bonds is 4. The fourth-order valence-corrected chi connectivity index (χ4v) is 4.71. The van der Waals surface area contributed by atoms with Gasteiger partial charge in [0.2, 0.25) is 23.7 Å². The van der Waals surface area contributed by atoms with Gasteiger partial charge in [-0.15, -0.1) is 0 Å². The second-order valence-electron chi connectivity index (χ2n) is 9.27. The van der Waals surface area contributed by atoms with E-state index in [4.69, 9.17) is 0 Å². The fourth-order valence-electron chi connectivity index (χ4n) is 4.71. The molecule has 0 saturated carbocycles. The van der Waals surface area contributed by atoms with Gasteiger partial charge in [0.05, 0.1) is 11.3 Å². The summed E-state index contributed by atoms with van der Waals surface area (Å²) < 4.78 is 0. The maximum absolute atomic E-state index is 12.9. The van der Waals surface area contributed by atoms with Crippen LogP contribution in [0.15, 0.2) is 12.4 Å². The molecule has 4 heterocycles. The van der Waals surface area contributed by atoms with E-state index in [0.717, 1.165) is 0 Å². The number of imide groups is 1. The first-order valence-electron chi connectivity index (χ1n) is 11.2. The maximum Gasteiger partial charge on any atom is 0.309 e. The van der Waals surface area contributed by atoms with Crippen LogP contribution in [-0.4, -0.2) is 69.8 Å². The Morgan fingerprint density at radius 3 is 2.25 bits per heavy atom. The highest BCUT2D eigenvalue weighted by Crippen LogP contribution is 2.33. The second-order valence-corrected chi connectivity index (χ2v) is 9.27. The number of nitrogens with zero attached hydrogens (tertiary/aromatic N) is 4. The number of hydrogen-bond donors (Lipinski definition) is 2. The Bertz CT molecular complexity index is 902. The van der Waals surface area contributed by atoms with Crippen molar-refractivity contribution in [3.8, 4) is 0 Å². The van der Waals surface area contributed by atoms with Crippen molar-refractivity contribution in [2.45, 2.75) is 51.4 Å². The van der Waals surface area contributed by atoms with Gasteiger partial charge >= 0.3 is 5.97 Å². The summed E-state index contributed by atoms with van der Waals surface area (Å²) in [5.74, 6) is -1.13. The largest absolute Gasteiger partial charge is 0.481 e. The number of aliphatic carboxylic acids is 1. The summed E-state index contributed by atoms with van der Waals surface area (Å²) in [6.07, 6.45) is 6.43. The van der Waals surface area contributed by atoms with Crippen LogP contribution < -0.4 is 10.2 Å². The fraction of sp³-hybridized carbons (Fsp3) is 0.636.